The van der Waals surface area contributed by atoms with Crippen LogP contribution in [0.4, 0.5) is 26.0 Å². The number of rotatable bonds is 5. The van der Waals surface area contributed by atoms with Gasteiger partial charge in [-0.3, -0.25) is 4.79 Å². The van der Waals surface area contributed by atoms with Gasteiger partial charge in [0.05, 0.1) is 16.3 Å². The third kappa shape index (κ3) is 5.17. The molecule has 0 radical (unpaired) electrons. The molecule has 2 aromatic carbocycles. The highest BCUT2D eigenvalue weighted by Gasteiger charge is 2.16. The van der Waals surface area contributed by atoms with Gasteiger partial charge in [0.2, 0.25) is 5.91 Å². The molecule has 11 heteroatoms. The van der Waals surface area contributed by atoms with Gasteiger partial charge >= 0.3 is 0 Å². The first kappa shape index (κ1) is 21.8. The van der Waals surface area contributed by atoms with Crippen LogP contribution in [-0.4, -0.2) is 16.7 Å². The Labute approximate surface area is 180 Å². The molecule has 0 unspecified atom stereocenters. The lowest BCUT2D eigenvalue weighted by atomic mass is 10.0. The molecule has 0 atom stereocenters. The average Bonchev–Trinajstić information content (AvgIpc) is 2.71. The maximum atomic E-state index is 13.8. The van der Waals surface area contributed by atoms with Crippen molar-refractivity contribution in [3.8, 4) is 11.1 Å². The SMILES string of the molecule is CC(=O)Nc1cccc(-c2cnc(N)c(/C(=N/N=N)Nc3cc(F)cc(F)c3Cl)c2)c1. The highest BCUT2D eigenvalue weighted by Crippen LogP contribution is 2.29. The van der Waals surface area contributed by atoms with Gasteiger partial charge in [0, 0.05) is 30.4 Å². The van der Waals surface area contributed by atoms with E-state index in [1.807, 2.05) is 0 Å². The standard InChI is InChI=1S/C20H16ClF2N7O/c1-10(31)27-14-4-2-3-11(5-14)12-6-15(19(24)26-9-12)20(29-30-25)28-17-8-13(22)7-16(23)18(17)21/h2-9H,1H3,(H2,24,26)(H,27,31)(H2,25,28,29). The van der Waals surface area contributed by atoms with Crippen LogP contribution in [-0.2, 0) is 4.79 Å². The largest absolute Gasteiger partial charge is 0.383 e. The van der Waals surface area contributed by atoms with Crippen molar-refractivity contribution in [2.75, 3.05) is 16.4 Å². The van der Waals surface area contributed by atoms with E-state index >= 15 is 0 Å². The summed E-state index contributed by atoms with van der Waals surface area (Å²) in [7, 11) is 0. The number of amidine groups is 1. The van der Waals surface area contributed by atoms with Gasteiger partial charge in [-0.05, 0) is 29.8 Å². The summed E-state index contributed by atoms with van der Waals surface area (Å²) in [6.45, 7) is 1.40. The lowest BCUT2D eigenvalue weighted by Crippen LogP contribution is -2.17. The summed E-state index contributed by atoms with van der Waals surface area (Å²) in [5.74, 6) is -2.11. The Hall–Kier alpha value is -3.92. The molecular weight excluding hydrogens is 428 g/mol. The molecule has 0 spiro atoms. The molecule has 1 heterocycles. The molecule has 0 aliphatic rings. The summed E-state index contributed by atoms with van der Waals surface area (Å²) < 4.78 is 27.4. The zero-order valence-corrected chi connectivity index (χ0v) is 16.8. The number of benzene rings is 2. The minimum Gasteiger partial charge on any atom is -0.383 e. The number of nitrogens with zero attached hydrogens (tertiary/aromatic N) is 3. The van der Waals surface area contributed by atoms with Crippen LogP contribution in [0.5, 0.6) is 0 Å². The van der Waals surface area contributed by atoms with Crippen molar-refractivity contribution in [3.63, 3.8) is 0 Å². The van der Waals surface area contributed by atoms with Crippen molar-refractivity contribution in [3.05, 3.63) is 70.9 Å². The zero-order valence-electron chi connectivity index (χ0n) is 16.1. The van der Waals surface area contributed by atoms with E-state index in [4.69, 9.17) is 22.9 Å². The summed E-state index contributed by atoms with van der Waals surface area (Å²) >= 11 is 5.90. The molecule has 1 amide bonds. The fourth-order valence-electron chi connectivity index (χ4n) is 2.77. The second-order valence-electron chi connectivity index (χ2n) is 6.34. The number of nitrogens with two attached hydrogens (primary N) is 1. The number of anilines is 3. The monoisotopic (exact) mass is 443 g/mol. The molecule has 158 valence electrons. The molecule has 31 heavy (non-hydrogen) atoms. The molecule has 0 bridgehead atoms. The van der Waals surface area contributed by atoms with Gasteiger partial charge in [-0.15, -0.1) is 5.10 Å². The number of carbonyl (C=O) groups excluding carboxylic acids is 1. The predicted molar refractivity (Wildman–Crippen MR) is 115 cm³/mol. The second-order valence-corrected chi connectivity index (χ2v) is 6.72. The van der Waals surface area contributed by atoms with Crippen LogP contribution in [0.15, 0.2) is 59.0 Å². The number of nitrogens with one attached hydrogen (secondary N) is 3. The average molecular weight is 444 g/mol. The van der Waals surface area contributed by atoms with Gasteiger partial charge in [-0.2, -0.15) is 5.53 Å². The number of hydrogen-bond acceptors (Lipinski definition) is 5. The summed E-state index contributed by atoms with van der Waals surface area (Å²) in [5.41, 5.74) is 15.0. The van der Waals surface area contributed by atoms with E-state index in [2.05, 4.69) is 25.9 Å². The van der Waals surface area contributed by atoms with Crippen molar-refractivity contribution >= 4 is 40.5 Å². The minimum absolute atomic E-state index is 0.0321. The highest BCUT2D eigenvalue weighted by atomic mass is 35.5. The lowest BCUT2D eigenvalue weighted by Gasteiger charge is -2.14. The number of aromatic nitrogens is 1. The van der Waals surface area contributed by atoms with E-state index in [1.54, 1.807) is 30.3 Å². The maximum absolute atomic E-state index is 13.8. The smallest absolute Gasteiger partial charge is 0.221 e. The predicted octanol–water partition coefficient (Wildman–Crippen LogP) is 5.03. The summed E-state index contributed by atoms with van der Waals surface area (Å²) in [6, 6.07) is 10.2. The Morgan fingerprint density at radius 2 is 1.94 bits per heavy atom. The summed E-state index contributed by atoms with van der Waals surface area (Å²) in [4.78, 5) is 15.4. The number of carbonyl (C=O) groups is 1. The quantitative estimate of drug-likeness (QED) is 0.145. The molecule has 0 fully saturated rings. The van der Waals surface area contributed by atoms with Crippen LogP contribution in [0.1, 0.15) is 12.5 Å². The zero-order chi connectivity index (χ0) is 22.5. The first-order chi connectivity index (χ1) is 14.8. The first-order valence-electron chi connectivity index (χ1n) is 8.78. The molecule has 0 aliphatic heterocycles. The van der Waals surface area contributed by atoms with Gasteiger partial charge in [0.25, 0.3) is 0 Å². The Balaban J connectivity index is 2.04. The molecule has 5 N–H and O–H groups in total. The number of amides is 1. The number of pyridine rings is 1. The Kier molecular flexibility index (Phi) is 6.51. The Bertz CT molecular complexity index is 1200. The van der Waals surface area contributed by atoms with E-state index in [1.165, 1.54) is 13.1 Å². The number of nitrogen functional groups attached to an aromatic ring is 1. The van der Waals surface area contributed by atoms with Crippen molar-refractivity contribution in [1.29, 1.82) is 5.53 Å². The topological polar surface area (TPSA) is 129 Å². The minimum atomic E-state index is -0.971. The molecule has 0 saturated carbocycles. The normalized spacial score (nSPS) is 11.2. The van der Waals surface area contributed by atoms with E-state index < -0.39 is 11.6 Å². The Morgan fingerprint density at radius 3 is 2.65 bits per heavy atom. The van der Waals surface area contributed by atoms with Crippen LogP contribution in [0.3, 0.4) is 0 Å². The van der Waals surface area contributed by atoms with Crippen LogP contribution < -0.4 is 16.4 Å². The van der Waals surface area contributed by atoms with E-state index in [9.17, 15) is 13.6 Å². The third-order valence-electron chi connectivity index (χ3n) is 4.09. The Morgan fingerprint density at radius 1 is 1.16 bits per heavy atom. The van der Waals surface area contributed by atoms with Gasteiger partial charge in [0.15, 0.2) is 5.84 Å². The van der Waals surface area contributed by atoms with E-state index in [0.717, 1.165) is 6.07 Å². The van der Waals surface area contributed by atoms with Crippen molar-refractivity contribution in [2.45, 2.75) is 6.92 Å². The van der Waals surface area contributed by atoms with Gasteiger partial charge < -0.3 is 16.4 Å². The second kappa shape index (κ2) is 9.26. The molecule has 3 rings (SSSR count). The van der Waals surface area contributed by atoms with Crippen molar-refractivity contribution in [1.82, 2.24) is 4.98 Å². The van der Waals surface area contributed by atoms with Gasteiger partial charge in [-0.25, -0.2) is 13.8 Å². The first-order valence-corrected chi connectivity index (χ1v) is 9.16. The van der Waals surface area contributed by atoms with Crippen LogP contribution in [0.2, 0.25) is 5.02 Å². The summed E-state index contributed by atoms with van der Waals surface area (Å²) in [6.07, 6.45) is 1.51. The van der Waals surface area contributed by atoms with Crippen LogP contribution >= 0.6 is 11.6 Å². The van der Waals surface area contributed by atoms with E-state index in [0.29, 0.717) is 22.9 Å². The van der Waals surface area contributed by atoms with Gasteiger partial charge in [-0.1, -0.05) is 29.0 Å². The number of hydrogen-bond donors (Lipinski definition) is 4. The van der Waals surface area contributed by atoms with Gasteiger partial charge in [0.1, 0.15) is 17.5 Å². The molecule has 3 aromatic rings. The fraction of sp³-hybridized carbons (Fsp3) is 0.0500. The molecule has 8 nitrogen and oxygen atoms in total. The maximum Gasteiger partial charge on any atom is 0.221 e. The van der Waals surface area contributed by atoms with Crippen LogP contribution in [0, 0.1) is 17.2 Å². The number of halogens is 3. The molecule has 1 aromatic heterocycles. The van der Waals surface area contributed by atoms with Crippen molar-refractivity contribution in [2.24, 2.45) is 10.3 Å². The van der Waals surface area contributed by atoms with Crippen molar-refractivity contribution < 1.29 is 13.6 Å². The lowest BCUT2D eigenvalue weighted by molar-refractivity contribution is -0.114. The summed E-state index contributed by atoms with van der Waals surface area (Å²) in [5, 5.41) is 11.6. The van der Waals surface area contributed by atoms with Crippen LogP contribution in [0.25, 0.3) is 11.1 Å². The molecule has 0 aliphatic carbocycles. The molecule has 0 saturated heterocycles. The third-order valence-corrected chi connectivity index (χ3v) is 4.47. The van der Waals surface area contributed by atoms with E-state index in [-0.39, 0.29) is 33.8 Å². The fourth-order valence-corrected chi connectivity index (χ4v) is 2.93. The highest BCUT2D eigenvalue weighted by molar-refractivity contribution is 6.34. The molecular formula is C20H16ClF2N7O.